The van der Waals surface area contributed by atoms with Crippen molar-refractivity contribution >= 4 is 17.6 Å². The lowest BCUT2D eigenvalue weighted by Crippen LogP contribution is -2.36. The van der Waals surface area contributed by atoms with Gasteiger partial charge in [-0.05, 0) is 78.2 Å². The summed E-state index contributed by atoms with van der Waals surface area (Å²) in [5, 5.41) is 14.2. The van der Waals surface area contributed by atoms with Gasteiger partial charge in [0.25, 0.3) is 0 Å². The lowest BCUT2D eigenvalue weighted by molar-refractivity contribution is -0.123. The van der Waals surface area contributed by atoms with E-state index < -0.39 is 11.9 Å². The average molecular weight is 549 g/mol. The molecule has 0 heterocycles. The minimum absolute atomic E-state index is 0.0169. The van der Waals surface area contributed by atoms with Crippen LogP contribution in [0.1, 0.15) is 106 Å². The molecule has 1 aliphatic carbocycles. The molecular formula is C33H44N2O5. The monoisotopic (exact) mass is 548 g/mol. The largest absolute Gasteiger partial charge is 0.395 e. The van der Waals surface area contributed by atoms with Gasteiger partial charge in [-0.1, -0.05) is 82.6 Å². The first-order chi connectivity index (χ1) is 19.0. The molecule has 0 fully saturated rings. The quantitative estimate of drug-likeness (QED) is 0.140. The number of aliphatic hydroxyl groups is 1. The van der Waals surface area contributed by atoms with Crippen molar-refractivity contribution in [2.24, 2.45) is 5.16 Å². The van der Waals surface area contributed by atoms with Gasteiger partial charge in [0.05, 0.1) is 11.7 Å². The molecule has 1 amide bonds. The van der Waals surface area contributed by atoms with E-state index in [9.17, 15) is 14.7 Å². The standard InChI is InChI=1S/C33H44N2O5/c1-7-12-23-14-9-10-16-26(23)31(38)40-35-30(37)29(34-39-21-11-15-25(36)13-8-2)24-17-18-27-28(22-24)33(5,6)20-19-32(27,3)4/h7,9-10,14,16-18,22,25,36H,1,8,11-13,15,19-21H2,2-6H3,(H,35,37). The molecule has 0 aliphatic heterocycles. The van der Waals surface area contributed by atoms with E-state index in [0.29, 0.717) is 30.4 Å². The van der Waals surface area contributed by atoms with Crippen molar-refractivity contribution in [1.82, 2.24) is 5.48 Å². The Labute approximate surface area is 238 Å². The van der Waals surface area contributed by atoms with Crippen LogP contribution in [0.3, 0.4) is 0 Å². The number of hydroxylamine groups is 1. The number of rotatable bonds is 12. The van der Waals surface area contributed by atoms with Crippen LogP contribution < -0.4 is 5.48 Å². The maximum atomic E-state index is 13.3. The van der Waals surface area contributed by atoms with Gasteiger partial charge in [0.1, 0.15) is 6.61 Å². The second-order valence-electron chi connectivity index (χ2n) is 11.9. The summed E-state index contributed by atoms with van der Waals surface area (Å²) < 4.78 is 0. The first-order valence-electron chi connectivity index (χ1n) is 14.2. The highest BCUT2D eigenvalue weighted by Crippen LogP contribution is 2.46. The number of carbonyl (C=O) groups excluding carboxylic acids is 2. The van der Waals surface area contributed by atoms with Crippen LogP contribution in [0.5, 0.6) is 0 Å². The Balaban J connectivity index is 1.84. The molecule has 2 N–H and O–H groups in total. The van der Waals surface area contributed by atoms with E-state index in [1.165, 1.54) is 11.1 Å². The third-order valence-corrected chi connectivity index (χ3v) is 7.73. The molecule has 0 bridgehead atoms. The Bertz CT molecular complexity index is 1230. The predicted octanol–water partition coefficient (Wildman–Crippen LogP) is 6.31. The van der Waals surface area contributed by atoms with Gasteiger partial charge in [-0.2, -0.15) is 5.48 Å². The van der Waals surface area contributed by atoms with Crippen molar-refractivity contribution in [2.45, 2.75) is 96.5 Å². The van der Waals surface area contributed by atoms with E-state index in [4.69, 9.17) is 9.68 Å². The Morgan fingerprint density at radius 3 is 2.48 bits per heavy atom. The molecule has 0 spiro atoms. The van der Waals surface area contributed by atoms with E-state index in [-0.39, 0.29) is 29.3 Å². The molecule has 216 valence electrons. The molecular weight excluding hydrogens is 504 g/mol. The number of hydrogen-bond acceptors (Lipinski definition) is 6. The first kappa shape index (κ1) is 31.1. The maximum Gasteiger partial charge on any atom is 0.363 e. The number of hydrogen-bond donors (Lipinski definition) is 2. The fourth-order valence-electron chi connectivity index (χ4n) is 5.18. The molecule has 2 aromatic carbocycles. The topological polar surface area (TPSA) is 97.2 Å². The maximum absolute atomic E-state index is 13.3. The van der Waals surface area contributed by atoms with Gasteiger partial charge in [0, 0.05) is 5.56 Å². The van der Waals surface area contributed by atoms with E-state index >= 15 is 0 Å². The number of carbonyl (C=O) groups is 2. The molecule has 0 aromatic heterocycles. The van der Waals surface area contributed by atoms with Crippen LogP contribution >= 0.6 is 0 Å². The summed E-state index contributed by atoms with van der Waals surface area (Å²) in [4.78, 5) is 36.9. The zero-order valence-corrected chi connectivity index (χ0v) is 24.6. The molecule has 2 aromatic rings. The highest BCUT2D eigenvalue weighted by molar-refractivity contribution is 6.45. The average Bonchev–Trinajstić information content (AvgIpc) is 2.92. The van der Waals surface area contributed by atoms with Crippen molar-refractivity contribution in [3.63, 3.8) is 0 Å². The number of oxime groups is 1. The van der Waals surface area contributed by atoms with Gasteiger partial charge in [0.2, 0.25) is 0 Å². The van der Waals surface area contributed by atoms with Gasteiger partial charge in [0.15, 0.2) is 5.71 Å². The van der Waals surface area contributed by atoms with E-state index in [1.54, 1.807) is 18.2 Å². The third kappa shape index (κ3) is 7.81. The second kappa shape index (κ2) is 13.8. The number of nitrogens with zero attached hydrogens (tertiary/aromatic N) is 1. The van der Waals surface area contributed by atoms with Gasteiger partial charge in [-0.3, -0.25) is 4.79 Å². The summed E-state index contributed by atoms with van der Waals surface area (Å²) in [6.45, 7) is 14.9. The van der Waals surface area contributed by atoms with Crippen LogP contribution in [0.25, 0.3) is 0 Å². The fourth-order valence-corrected chi connectivity index (χ4v) is 5.18. The number of allylic oxidation sites excluding steroid dienone is 1. The van der Waals surface area contributed by atoms with Gasteiger partial charge in [-0.25, -0.2) is 4.79 Å². The van der Waals surface area contributed by atoms with Crippen LogP contribution in [0.2, 0.25) is 0 Å². The summed E-state index contributed by atoms with van der Waals surface area (Å²) >= 11 is 0. The van der Waals surface area contributed by atoms with Crippen molar-refractivity contribution in [2.75, 3.05) is 6.61 Å². The summed E-state index contributed by atoms with van der Waals surface area (Å²) in [6.07, 6.45) is 6.74. The normalized spacial score (nSPS) is 16.4. The van der Waals surface area contributed by atoms with Crippen LogP contribution in [0, 0.1) is 0 Å². The Kier molecular flexibility index (Phi) is 10.7. The summed E-state index contributed by atoms with van der Waals surface area (Å²) in [7, 11) is 0. The zero-order valence-electron chi connectivity index (χ0n) is 24.6. The number of fused-ring (bicyclic) bond motifs is 1. The minimum atomic E-state index is -0.687. The number of nitrogens with one attached hydrogen (secondary N) is 1. The van der Waals surface area contributed by atoms with Crippen LogP contribution in [-0.4, -0.2) is 35.4 Å². The van der Waals surface area contributed by atoms with Gasteiger partial charge >= 0.3 is 11.9 Å². The van der Waals surface area contributed by atoms with E-state index in [2.05, 4.69) is 51.0 Å². The van der Waals surface area contributed by atoms with E-state index in [1.807, 2.05) is 31.2 Å². The zero-order chi connectivity index (χ0) is 29.3. The van der Waals surface area contributed by atoms with Crippen molar-refractivity contribution in [1.29, 1.82) is 0 Å². The highest BCUT2D eigenvalue weighted by atomic mass is 16.7. The Hall–Kier alpha value is -3.45. The summed E-state index contributed by atoms with van der Waals surface area (Å²) in [5.41, 5.74) is 6.34. The Morgan fingerprint density at radius 1 is 1.07 bits per heavy atom. The first-order valence-corrected chi connectivity index (χ1v) is 14.2. The molecule has 0 saturated heterocycles. The molecule has 1 unspecified atom stereocenters. The molecule has 1 aliphatic rings. The predicted molar refractivity (Wildman–Crippen MR) is 158 cm³/mol. The van der Waals surface area contributed by atoms with Crippen LogP contribution in [0.4, 0.5) is 0 Å². The highest BCUT2D eigenvalue weighted by Gasteiger charge is 2.37. The summed E-state index contributed by atoms with van der Waals surface area (Å²) in [6, 6.07) is 13.0. The van der Waals surface area contributed by atoms with Crippen LogP contribution in [-0.2, 0) is 31.7 Å². The third-order valence-electron chi connectivity index (χ3n) is 7.73. The molecule has 3 rings (SSSR count). The molecule has 40 heavy (non-hydrogen) atoms. The van der Waals surface area contributed by atoms with Crippen LogP contribution in [0.15, 0.2) is 60.3 Å². The molecule has 1 atom stereocenters. The number of benzene rings is 2. The van der Waals surface area contributed by atoms with Crippen molar-refractivity contribution in [3.8, 4) is 0 Å². The lowest BCUT2D eigenvalue weighted by Gasteiger charge is -2.42. The Morgan fingerprint density at radius 2 is 1.77 bits per heavy atom. The minimum Gasteiger partial charge on any atom is -0.395 e. The molecule has 7 heteroatoms. The number of amides is 1. The lowest BCUT2D eigenvalue weighted by atomic mass is 9.63. The fraction of sp³-hybridized carbons (Fsp3) is 0.485. The molecule has 0 radical (unpaired) electrons. The summed E-state index contributed by atoms with van der Waals surface area (Å²) in [5.74, 6) is -1.36. The second-order valence-corrected chi connectivity index (χ2v) is 11.9. The van der Waals surface area contributed by atoms with Crippen molar-refractivity contribution < 1.29 is 24.4 Å². The number of aliphatic hydroxyl groups excluding tert-OH is 1. The van der Waals surface area contributed by atoms with E-state index in [0.717, 1.165) is 31.2 Å². The van der Waals surface area contributed by atoms with Crippen molar-refractivity contribution in [3.05, 3.63) is 82.9 Å². The van der Waals surface area contributed by atoms with Gasteiger partial charge < -0.3 is 14.8 Å². The molecule has 7 nitrogen and oxygen atoms in total. The SMILES string of the molecule is C=CCc1ccccc1C(=O)ONC(=O)C(=NOCCCC(O)CCC)c1ccc2c(c1)C(C)(C)CCC2(C)C. The molecule has 0 saturated carbocycles. The smallest absolute Gasteiger partial charge is 0.363 e. The van der Waals surface area contributed by atoms with Gasteiger partial charge in [-0.15, -0.1) is 6.58 Å².